The molecule has 0 aliphatic carbocycles. The highest BCUT2D eigenvalue weighted by atomic mass is 79.9. The van der Waals surface area contributed by atoms with Gasteiger partial charge in [0.05, 0.1) is 0 Å². The molecular formula is C13H11BrN2OS. The smallest absolute Gasteiger partial charge is 0.174 e. The van der Waals surface area contributed by atoms with Crippen LogP contribution in [0.3, 0.4) is 0 Å². The van der Waals surface area contributed by atoms with Crippen LogP contribution in [-0.2, 0) is 6.54 Å². The lowest BCUT2D eigenvalue weighted by Crippen LogP contribution is -1.98. The number of hydrogen-bond acceptors (Lipinski definition) is 4. The summed E-state index contributed by atoms with van der Waals surface area (Å²) in [6.07, 6.45) is 0. The van der Waals surface area contributed by atoms with E-state index < -0.39 is 0 Å². The third kappa shape index (κ3) is 3.76. The lowest BCUT2D eigenvalue weighted by atomic mass is 10.3. The molecule has 0 saturated carbocycles. The van der Waals surface area contributed by atoms with Crippen molar-refractivity contribution in [1.82, 2.24) is 0 Å². The minimum Gasteiger partial charge on any atom is -0.479 e. The van der Waals surface area contributed by atoms with Crippen LogP contribution in [0.15, 0.2) is 40.2 Å². The third-order valence-corrected chi connectivity index (χ3v) is 3.94. The first-order valence-corrected chi connectivity index (χ1v) is 7.02. The van der Waals surface area contributed by atoms with Crippen LogP contribution in [0.1, 0.15) is 4.88 Å². The Kier molecular flexibility index (Phi) is 4.62. The molecule has 0 unspecified atom stereocenters. The molecule has 18 heavy (non-hydrogen) atoms. The number of nitrogens with one attached hydrogen (secondary N) is 1. The van der Waals surface area contributed by atoms with Crippen molar-refractivity contribution in [1.29, 1.82) is 5.26 Å². The Morgan fingerprint density at radius 3 is 2.72 bits per heavy atom. The standard InChI is InChI=1S/C13H11BrN2OS/c14-10-7-13(18-9-10)8-16-11-1-3-12(4-2-11)17-6-5-15/h1-4,7,9,16H,6,8H2. The van der Waals surface area contributed by atoms with E-state index in [9.17, 15) is 0 Å². The second-order valence-electron chi connectivity index (χ2n) is 3.56. The molecule has 1 heterocycles. The summed E-state index contributed by atoms with van der Waals surface area (Å²) < 4.78 is 6.30. The van der Waals surface area contributed by atoms with E-state index in [0.717, 1.165) is 16.7 Å². The van der Waals surface area contributed by atoms with Gasteiger partial charge in [-0.1, -0.05) is 0 Å². The largest absolute Gasteiger partial charge is 0.479 e. The van der Waals surface area contributed by atoms with Gasteiger partial charge < -0.3 is 10.1 Å². The van der Waals surface area contributed by atoms with E-state index in [1.165, 1.54) is 4.88 Å². The summed E-state index contributed by atoms with van der Waals surface area (Å²) in [7, 11) is 0. The summed E-state index contributed by atoms with van der Waals surface area (Å²) >= 11 is 5.14. The zero-order valence-electron chi connectivity index (χ0n) is 9.52. The van der Waals surface area contributed by atoms with Crippen LogP contribution in [0.5, 0.6) is 5.75 Å². The van der Waals surface area contributed by atoms with E-state index in [1.54, 1.807) is 11.3 Å². The van der Waals surface area contributed by atoms with Gasteiger partial charge in [-0.25, -0.2) is 0 Å². The third-order valence-electron chi connectivity index (χ3n) is 2.25. The van der Waals surface area contributed by atoms with Gasteiger partial charge in [-0.05, 0) is 46.3 Å². The van der Waals surface area contributed by atoms with E-state index in [1.807, 2.05) is 30.3 Å². The number of nitriles is 1. The molecule has 1 N–H and O–H groups in total. The van der Waals surface area contributed by atoms with Crippen molar-refractivity contribution >= 4 is 33.0 Å². The molecule has 0 bridgehead atoms. The van der Waals surface area contributed by atoms with Crippen LogP contribution in [0.2, 0.25) is 0 Å². The van der Waals surface area contributed by atoms with Crippen LogP contribution in [0, 0.1) is 11.3 Å². The number of rotatable bonds is 5. The quantitative estimate of drug-likeness (QED) is 0.904. The SMILES string of the molecule is N#CCOc1ccc(NCc2cc(Br)cs2)cc1. The summed E-state index contributed by atoms with van der Waals surface area (Å²) in [6, 6.07) is 11.6. The van der Waals surface area contributed by atoms with Crippen molar-refractivity contribution in [3.05, 3.63) is 45.1 Å². The molecule has 1 aromatic carbocycles. The first-order chi connectivity index (χ1) is 8.78. The molecule has 5 heteroatoms. The van der Waals surface area contributed by atoms with Gasteiger partial charge in [0.2, 0.25) is 0 Å². The van der Waals surface area contributed by atoms with Crippen molar-refractivity contribution in [3.63, 3.8) is 0 Å². The average molecular weight is 323 g/mol. The minimum absolute atomic E-state index is 0.0794. The number of benzene rings is 1. The molecule has 1 aromatic heterocycles. The zero-order chi connectivity index (χ0) is 12.8. The molecule has 0 aliphatic heterocycles. The van der Waals surface area contributed by atoms with Crippen LogP contribution in [0.4, 0.5) is 5.69 Å². The summed E-state index contributed by atoms with van der Waals surface area (Å²) in [5.74, 6) is 0.709. The molecule has 0 aliphatic rings. The molecule has 0 radical (unpaired) electrons. The predicted octanol–water partition coefficient (Wildman–Crippen LogP) is 4.03. The summed E-state index contributed by atoms with van der Waals surface area (Å²) in [6.45, 7) is 0.880. The summed E-state index contributed by atoms with van der Waals surface area (Å²) in [5, 5.41) is 13.8. The lowest BCUT2D eigenvalue weighted by Gasteiger charge is -2.06. The topological polar surface area (TPSA) is 45.0 Å². The Morgan fingerprint density at radius 1 is 1.33 bits per heavy atom. The summed E-state index contributed by atoms with van der Waals surface area (Å²) in [4.78, 5) is 1.27. The highest BCUT2D eigenvalue weighted by Crippen LogP contribution is 2.21. The van der Waals surface area contributed by atoms with Gasteiger partial charge in [0.1, 0.15) is 11.8 Å². The fourth-order valence-electron chi connectivity index (χ4n) is 1.42. The van der Waals surface area contributed by atoms with Crippen molar-refractivity contribution in [2.45, 2.75) is 6.54 Å². The Hall–Kier alpha value is -1.51. The lowest BCUT2D eigenvalue weighted by molar-refractivity contribution is 0.368. The van der Waals surface area contributed by atoms with Crippen molar-refractivity contribution in [2.75, 3.05) is 11.9 Å². The normalized spacial score (nSPS) is 9.78. The first kappa shape index (κ1) is 12.9. The van der Waals surface area contributed by atoms with Crippen molar-refractivity contribution in [3.8, 4) is 11.8 Å². The Bertz CT molecular complexity index is 545. The minimum atomic E-state index is 0.0794. The van der Waals surface area contributed by atoms with E-state index in [4.69, 9.17) is 10.00 Å². The van der Waals surface area contributed by atoms with Crippen LogP contribution in [-0.4, -0.2) is 6.61 Å². The average Bonchev–Trinajstić information content (AvgIpc) is 2.81. The first-order valence-electron chi connectivity index (χ1n) is 5.34. The number of halogens is 1. The zero-order valence-corrected chi connectivity index (χ0v) is 11.9. The number of hydrogen-bond donors (Lipinski definition) is 1. The van der Waals surface area contributed by atoms with Gasteiger partial charge in [0, 0.05) is 27.0 Å². The molecule has 92 valence electrons. The number of anilines is 1. The summed E-state index contributed by atoms with van der Waals surface area (Å²) in [5.41, 5.74) is 1.03. The molecule has 0 atom stereocenters. The van der Waals surface area contributed by atoms with Crippen molar-refractivity contribution < 1.29 is 4.74 Å². The number of nitrogens with zero attached hydrogens (tertiary/aromatic N) is 1. The van der Waals surface area contributed by atoms with Crippen LogP contribution in [0.25, 0.3) is 0 Å². The van der Waals surface area contributed by atoms with E-state index in [-0.39, 0.29) is 6.61 Å². The van der Waals surface area contributed by atoms with Gasteiger partial charge >= 0.3 is 0 Å². The van der Waals surface area contributed by atoms with Gasteiger partial charge in [0.25, 0.3) is 0 Å². The Labute approximate surface area is 118 Å². The number of thiophene rings is 1. The maximum absolute atomic E-state index is 8.40. The van der Waals surface area contributed by atoms with E-state index in [0.29, 0.717) is 5.75 Å². The Morgan fingerprint density at radius 2 is 2.11 bits per heavy atom. The second kappa shape index (κ2) is 6.43. The molecule has 0 fully saturated rings. The fraction of sp³-hybridized carbons (Fsp3) is 0.154. The van der Waals surface area contributed by atoms with E-state index >= 15 is 0 Å². The Balaban J connectivity index is 1.88. The van der Waals surface area contributed by atoms with Gasteiger partial charge in [-0.3, -0.25) is 0 Å². The molecule has 2 rings (SSSR count). The maximum Gasteiger partial charge on any atom is 0.174 e. The molecule has 0 saturated heterocycles. The fourth-order valence-corrected chi connectivity index (χ4v) is 2.81. The molecule has 0 amide bonds. The molecule has 0 spiro atoms. The molecular weight excluding hydrogens is 312 g/mol. The molecule has 2 aromatic rings. The highest BCUT2D eigenvalue weighted by molar-refractivity contribution is 9.10. The van der Waals surface area contributed by atoms with E-state index in [2.05, 4.69) is 32.7 Å². The highest BCUT2D eigenvalue weighted by Gasteiger charge is 1.98. The number of ether oxygens (including phenoxy) is 1. The van der Waals surface area contributed by atoms with Gasteiger partial charge in [0.15, 0.2) is 6.61 Å². The molecule has 3 nitrogen and oxygen atoms in total. The van der Waals surface area contributed by atoms with Crippen LogP contribution < -0.4 is 10.1 Å². The van der Waals surface area contributed by atoms with Crippen molar-refractivity contribution in [2.24, 2.45) is 0 Å². The second-order valence-corrected chi connectivity index (χ2v) is 5.47. The monoisotopic (exact) mass is 322 g/mol. The van der Waals surface area contributed by atoms with Gasteiger partial charge in [-0.15, -0.1) is 11.3 Å². The van der Waals surface area contributed by atoms with Gasteiger partial charge in [-0.2, -0.15) is 5.26 Å². The predicted molar refractivity (Wildman–Crippen MR) is 76.9 cm³/mol. The maximum atomic E-state index is 8.40. The van der Waals surface area contributed by atoms with Crippen LogP contribution >= 0.6 is 27.3 Å².